The number of carbonyl (C=O) groups is 1. The predicted molar refractivity (Wildman–Crippen MR) is 67.9 cm³/mol. The molecule has 0 aliphatic carbocycles. The summed E-state index contributed by atoms with van der Waals surface area (Å²) in [6.07, 6.45) is 2.09. The second kappa shape index (κ2) is 4.42. The van der Waals surface area contributed by atoms with Gasteiger partial charge in [-0.05, 0) is 38.1 Å². The maximum Gasteiger partial charge on any atom is 0.337 e. The quantitative estimate of drug-likeness (QED) is 0.753. The number of nitrogens with zero attached hydrogens (tertiary/aromatic N) is 1. The molecule has 0 spiro atoms. The van der Waals surface area contributed by atoms with Crippen LogP contribution in [-0.2, 0) is 0 Å². The molecule has 5 heteroatoms. The average molecular weight is 245 g/mol. The van der Waals surface area contributed by atoms with Crippen molar-refractivity contribution in [3.05, 3.63) is 29.6 Å². The molecule has 18 heavy (non-hydrogen) atoms. The van der Waals surface area contributed by atoms with Crippen molar-refractivity contribution in [1.82, 2.24) is 15.3 Å². The van der Waals surface area contributed by atoms with Crippen LogP contribution >= 0.6 is 0 Å². The largest absolute Gasteiger partial charge is 0.478 e. The van der Waals surface area contributed by atoms with Gasteiger partial charge in [-0.1, -0.05) is 6.07 Å². The van der Waals surface area contributed by atoms with E-state index < -0.39 is 5.97 Å². The summed E-state index contributed by atoms with van der Waals surface area (Å²) in [5.74, 6) is 0.393. The molecular weight excluding hydrogens is 230 g/mol. The Balaban J connectivity index is 2.04. The predicted octanol–water partition coefficient (Wildman–Crippen LogP) is 1.73. The molecule has 1 fully saturated rings. The number of benzene rings is 1. The van der Waals surface area contributed by atoms with Crippen LogP contribution in [0.25, 0.3) is 11.0 Å². The number of fused-ring (bicyclic) bond motifs is 1. The van der Waals surface area contributed by atoms with Crippen LogP contribution in [0.1, 0.15) is 34.9 Å². The highest BCUT2D eigenvalue weighted by atomic mass is 16.4. The topological polar surface area (TPSA) is 78.0 Å². The molecule has 0 unspecified atom stereocenters. The van der Waals surface area contributed by atoms with Crippen molar-refractivity contribution >= 4 is 17.0 Å². The minimum atomic E-state index is -0.927. The highest BCUT2D eigenvalue weighted by Crippen LogP contribution is 2.26. The molecule has 94 valence electrons. The lowest BCUT2D eigenvalue weighted by Crippen LogP contribution is -2.27. The zero-order valence-electron chi connectivity index (χ0n) is 9.94. The molecule has 2 aromatic rings. The van der Waals surface area contributed by atoms with E-state index >= 15 is 0 Å². The first-order chi connectivity index (χ1) is 8.75. The average Bonchev–Trinajstić information content (AvgIpc) is 2.83. The number of aromatic carboxylic acids is 1. The highest BCUT2D eigenvalue weighted by Gasteiger charge is 2.20. The van der Waals surface area contributed by atoms with Crippen LogP contribution in [0.2, 0.25) is 0 Å². The molecule has 1 aromatic heterocycles. The number of hydrogen-bond acceptors (Lipinski definition) is 3. The molecule has 1 aliphatic rings. The molecule has 0 amide bonds. The fourth-order valence-electron chi connectivity index (χ4n) is 2.51. The van der Waals surface area contributed by atoms with E-state index in [9.17, 15) is 4.79 Å². The van der Waals surface area contributed by atoms with Gasteiger partial charge >= 0.3 is 5.97 Å². The monoisotopic (exact) mass is 245 g/mol. The number of carboxylic acid groups (broad SMARTS) is 1. The van der Waals surface area contributed by atoms with Crippen LogP contribution in [0.15, 0.2) is 18.2 Å². The van der Waals surface area contributed by atoms with Gasteiger partial charge in [-0.15, -0.1) is 0 Å². The Morgan fingerprint density at radius 3 is 2.83 bits per heavy atom. The zero-order valence-corrected chi connectivity index (χ0v) is 9.94. The number of rotatable bonds is 2. The Morgan fingerprint density at radius 2 is 2.11 bits per heavy atom. The smallest absolute Gasteiger partial charge is 0.337 e. The van der Waals surface area contributed by atoms with Crippen molar-refractivity contribution in [2.24, 2.45) is 0 Å². The lowest BCUT2D eigenvalue weighted by molar-refractivity contribution is 0.0699. The molecule has 0 atom stereocenters. The zero-order chi connectivity index (χ0) is 12.5. The third kappa shape index (κ3) is 1.86. The fraction of sp³-hybridized carbons (Fsp3) is 0.385. The van der Waals surface area contributed by atoms with Crippen LogP contribution in [0, 0.1) is 0 Å². The van der Waals surface area contributed by atoms with Crippen LogP contribution in [0.3, 0.4) is 0 Å². The SMILES string of the molecule is O=C(O)c1cccc2[nH]c(C3CCNCC3)nc12. The minimum Gasteiger partial charge on any atom is -0.478 e. The maximum absolute atomic E-state index is 11.1. The van der Waals surface area contributed by atoms with Crippen molar-refractivity contribution < 1.29 is 9.90 Å². The normalized spacial score (nSPS) is 17.1. The van der Waals surface area contributed by atoms with E-state index in [1.165, 1.54) is 0 Å². The van der Waals surface area contributed by atoms with E-state index in [1.807, 2.05) is 6.07 Å². The van der Waals surface area contributed by atoms with Gasteiger partial charge in [0.05, 0.1) is 11.1 Å². The van der Waals surface area contributed by atoms with Gasteiger partial charge < -0.3 is 15.4 Å². The summed E-state index contributed by atoms with van der Waals surface area (Å²) in [4.78, 5) is 18.9. The summed E-state index contributed by atoms with van der Waals surface area (Å²) in [6.45, 7) is 1.99. The Hall–Kier alpha value is -1.88. The van der Waals surface area contributed by atoms with Crippen LogP contribution < -0.4 is 5.32 Å². The van der Waals surface area contributed by atoms with Gasteiger partial charge in [-0.25, -0.2) is 9.78 Å². The van der Waals surface area contributed by atoms with Crippen molar-refractivity contribution in [3.8, 4) is 0 Å². The van der Waals surface area contributed by atoms with Crippen LogP contribution in [-0.4, -0.2) is 34.1 Å². The standard InChI is InChI=1S/C13H15N3O2/c17-13(18)9-2-1-3-10-11(9)16-12(15-10)8-4-6-14-7-5-8/h1-3,8,14H,4-7H2,(H,15,16)(H,17,18). The summed E-state index contributed by atoms with van der Waals surface area (Å²) in [5, 5.41) is 12.5. The van der Waals surface area contributed by atoms with Gasteiger partial charge in [0, 0.05) is 5.92 Å². The maximum atomic E-state index is 11.1. The molecular formula is C13H15N3O2. The van der Waals surface area contributed by atoms with Crippen molar-refractivity contribution in [3.63, 3.8) is 0 Å². The van der Waals surface area contributed by atoms with Gasteiger partial charge in [0.25, 0.3) is 0 Å². The molecule has 0 bridgehead atoms. The first kappa shape index (κ1) is 11.2. The first-order valence-corrected chi connectivity index (χ1v) is 6.18. The highest BCUT2D eigenvalue weighted by molar-refractivity contribution is 6.00. The van der Waals surface area contributed by atoms with Crippen LogP contribution in [0.4, 0.5) is 0 Å². The Bertz CT molecular complexity index is 585. The summed E-state index contributed by atoms with van der Waals surface area (Å²) in [5.41, 5.74) is 1.64. The molecule has 1 aromatic carbocycles. The Morgan fingerprint density at radius 1 is 1.33 bits per heavy atom. The number of imidazole rings is 1. The number of piperidine rings is 1. The Labute approximate surface area is 104 Å². The fourth-order valence-corrected chi connectivity index (χ4v) is 2.51. The lowest BCUT2D eigenvalue weighted by Gasteiger charge is -2.20. The van der Waals surface area contributed by atoms with E-state index in [0.29, 0.717) is 11.4 Å². The number of nitrogens with one attached hydrogen (secondary N) is 2. The van der Waals surface area contributed by atoms with Gasteiger partial charge in [0.15, 0.2) is 0 Å². The number of para-hydroxylation sites is 1. The number of H-pyrrole nitrogens is 1. The Kier molecular flexibility index (Phi) is 2.76. The molecule has 1 aliphatic heterocycles. The third-order valence-corrected chi connectivity index (χ3v) is 3.49. The van der Waals surface area contributed by atoms with Crippen molar-refractivity contribution in [2.45, 2.75) is 18.8 Å². The molecule has 1 saturated heterocycles. The molecule has 5 nitrogen and oxygen atoms in total. The lowest BCUT2D eigenvalue weighted by atomic mass is 9.98. The molecule has 0 radical (unpaired) electrons. The van der Waals surface area contributed by atoms with Gasteiger partial charge in [0.1, 0.15) is 11.3 Å². The van der Waals surface area contributed by atoms with Crippen LogP contribution in [0.5, 0.6) is 0 Å². The van der Waals surface area contributed by atoms with E-state index in [-0.39, 0.29) is 5.56 Å². The number of aromatic amines is 1. The summed E-state index contributed by atoms with van der Waals surface area (Å²) in [7, 11) is 0. The molecule has 0 saturated carbocycles. The number of carboxylic acids is 1. The van der Waals surface area contributed by atoms with E-state index in [2.05, 4.69) is 15.3 Å². The first-order valence-electron chi connectivity index (χ1n) is 6.18. The van der Waals surface area contributed by atoms with Gasteiger partial charge in [-0.2, -0.15) is 0 Å². The van der Waals surface area contributed by atoms with Crippen molar-refractivity contribution in [1.29, 1.82) is 0 Å². The third-order valence-electron chi connectivity index (χ3n) is 3.49. The van der Waals surface area contributed by atoms with Crippen molar-refractivity contribution in [2.75, 3.05) is 13.1 Å². The van der Waals surface area contributed by atoms with Gasteiger partial charge in [0.2, 0.25) is 0 Å². The molecule has 3 rings (SSSR count). The minimum absolute atomic E-state index is 0.268. The molecule has 3 N–H and O–H groups in total. The summed E-state index contributed by atoms with van der Waals surface area (Å²) in [6, 6.07) is 5.22. The van der Waals surface area contributed by atoms with E-state index in [4.69, 9.17) is 5.11 Å². The number of aromatic nitrogens is 2. The van der Waals surface area contributed by atoms with E-state index in [1.54, 1.807) is 12.1 Å². The number of hydrogen-bond donors (Lipinski definition) is 3. The second-order valence-electron chi connectivity index (χ2n) is 4.65. The summed E-state index contributed by atoms with van der Waals surface area (Å²) >= 11 is 0. The second-order valence-corrected chi connectivity index (χ2v) is 4.65. The van der Waals surface area contributed by atoms with Gasteiger partial charge in [-0.3, -0.25) is 0 Å². The summed E-state index contributed by atoms with van der Waals surface area (Å²) < 4.78 is 0. The molecule has 2 heterocycles. The van der Waals surface area contributed by atoms with E-state index in [0.717, 1.165) is 37.3 Å².